The van der Waals surface area contributed by atoms with Crippen LogP contribution in [0.5, 0.6) is 0 Å². The van der Waals surface area contributed by atoms with Crippen molar-refractivity contribution in [3.63, 3.8) is 0 Å². The number of carbonyl (C=O) groups is 3. The van der Waals surface area contributed by atoms with E-state index in [0.29, 0.717) is 5.56 Å². The molecule has 2 N–H and O–H groups in total. The van der Waals surface area contributed by atoms with Crippen molar-refractivity contribution < 1.29 is 24.2 Å². The Bertz CT molecular complexity index is 503. The van der Waals surface area contributed by atoms with E-state index in [1.54, 1.807) is 37.3 Å². The monoisotopic (exact) mass is 294 g/mol. The topological polar surface area (TPSA) is 95.9 Å². The highest BCUT2D eigenvalue weighted by atomic mass is 16.5. The van der Waals surface area contributed by atoms with E-state index in [0.717, 1.165) is 0 Å². The lowest BCUT2D eigenvalue weighted by atomic mass is 10.1. The van der Waals surface area contributed by atoms with E-state index in [1.807, 2.05) is 0 Å². The highest BCUT2D eigenvalue weighted by Gasteiger charge is 2.25. The minimum atomic E-state index is -1.18. The molecule has 0 bridgehead atoms. The van der Waals surface area contributed by atoms with Gasteiger partial charge in [0.1, 0.15) is 6.54 Å². The minimum absolute atomic E-state index is 0.236. The molecule has 0 radical (unpaired) electrons. The van der Waals surface area contributed by atoms with E-state index in [2.05, 4.69) is 10.1 Å². The molecule has 0 saturated heterocycles. The van der Waals surface area contributed by atoms with E-state index in [9.17, 15) is 19.5 Å². The molecular weight excluding hydrogens is 276 g/mol. The van der Waals surface area contributed by atoms with Gasteiger partial charge in [-0.3, -0.25) is 4.79 Å². The van der Waals surface area contributed by atoms with Crippen LogP contribution in [0.15, 0.2) is 30.3 Å². The van der Waals surface area contributed by atoms with Crippen LogP contribution in [0.2, 0.25) is 0 Å². The van der Waals surface area contributed by atoms with Gasteiger partial charge in [0.15, 0.2) is 6.04 Å². The first-order valence-corrected chi connectivity index (χ1v) is 6.39. The molecule has 2 amide bonds. The molecule has 0 spiro atoms. The summed E-state index contributed by atoms with van der Waals surface area (Å²) in [5.74, 6) is -1.75. The fourth-order valence-corrected chi connectivity index (χ4v) is 1.70. The summed E-state index contributed by atoms with van der Waals surface area (Å²) in [4.78, 5) is 35.7. The van der Waals surface area contributed by atoms with Crippen molar-refractivity contribution in [3.05, 3.63) is 35.9 Å². The SMILES string of the molecule is CCN(CC(=O)OC)C(=O)N[C@H](C(=O)O)c1ccccc1. The number of nitrogens with zero attached hydrogens (tertiary/aromatic N) is 1. The number of carboxylic acid groups (broad SMARTS) is 1. The standard InChI is InChI=1S/C14H18N2O5/c1-3-16(9-11(17)21-2)14(20)15-12(13(18)19)10-7-5-4-6-8-10/h4-8,12H,3,9H2,1-2H3,(H,15,20)(H,18,19)/t12-/m0/s1. The summed E-state index contributed by atoms with van der Waals surface area (Å²) in [6, 6.07) is 6.52. The summed E-state index contributed by atoms with van der Waals surface area (Å²) in [5, 5.41) is 11.6. The number of likely N-dealkylation sites (N-methyl/N-ethyl adjacent to an activating group) is 1. The van der Waals surface area contributed by atoms with Crippen LogP contribution < -0.4 is 5.32 Å². The fourth-order valence-electron chi connectivity index (χ4n) is 1.70. The predicted molar refractivity (Wildman–Crippen MR) is 74.6 cm³/mol. The maximum Gasteiger partial charge on any atom is 0.330 e. The number of rotatable bonds is 6. The highest BCUT2D eigenvalue weighted by molar-refractivity contribution is 5.85. The lowest BCUT2D eigenvalue weighted by molar-refractivity contribution is -0.141. The van der Waals surface area contributed by atoms with E-state index >= 15 is 0 Å². The summed E-state index contributed by atoms with van der Waals surface area (Å²) >= 11 is 0. The van der Waals surface area contributed by atoms with Gasteiger partial charge in [-0.05, 0) is 12.5 Å². The van der Waals surface area contributed by atoms with E-state index in [1.165, 1.54) is 12.0 Å². The summed E-state index contributed by atoms with van der Waals surface area (Å²) in [5.41, 5.74) is 0.451. The van der Waals surface area contributed by atoms with Crippen LogP contribution in [0.25, 0.3) is 0 Å². The molecule has 0 fully saturated rings. The number of hydrogen-bond acceptors (Lipinski definition) is 4. The molecule has 0 aliphatic rings. The Morgan fingerprint density at radius 1 is 1.29 bits per heavy atom. The lowest BCUT2D eigenvalue weighted by Crippen LogP contribution is -2.45. The average Bonchev–Trinajstić information content (AvgIpc) is 2.50. The summed E-state index contributed by atoms with van der Waals surface area (Å²) < 4.78 is 4.49. The van der Waals surface area contributed by atoms with Gasteiger partial charge in [-0.2, -0.15) is 0 Å². The first-order valence-electron chi connectivity index (χ1n) is 6.39. The second kappa shape index (κ2) is 7.88. The number of urea groups is 1. The molecule has 0 unspecified atom stereocenters. The number of nitrogens with one attached hydrogen (secondary N) is 1. The number of hydrogen-bond donors (Lipinski definition) is 2. The van der Waals surface area contributed by atoms with Crippen LogP contribution >= 0.6 is 0 Å². The molecule has 0 heterocycles. The molecule has 0 aliphatic carbocycles. The zero-order valence-corrected chi connectivity index (χ0v) is 11.9. The second-order valence-electron chi connectivity index (χ2n) is 4.22. The van der Waals surface area contributed by atoms with Gasteiger partial charge in [0.05, 0.1) is 7.11 Å². The maximum atomic E-state index is 12.1. The van der Waals surface area contributed by atoms with Crippen molar-refractivity contribution in [2.24, 2.45) is 0 Å². The van der Waals surface area contributed by atoms with Gasteiger partial charge >= 0.3 is 18.0 Å². The molecule has 0 aliphatic heterocycles. The molecule has 1 aromatic rings. The predicted octanol–water partition coefficient (Wildman–Crippen LogP) is 1.02. The van der Waals surface area contributed by atoms with Gasteiger partial charge in [-0.1, -0.05) is 30.3 Å². The number of benzene rings is 1. The quantitative estimate of drug-likeness (QED) is 0.764. The number of carbonyl (C=O) groups excluding carboxylic acids is 2. The Hall–Kier alpha value is -2.57. The molecular formula is C14H18N2O5. The van der Waals surface area contributed by atoms with Crippen LogP contribution in [0.1, 0.15) is 18.5 Å². The lowest BCUT2D eigenvalue weighted by Gasteiger charge is -2.23. The van der Waals surface area contributed by atoms with Crippen molar-refractivity contribution in [2.45, 2.75) is 13.0 Å². The van der Waals surface area contributed by atoms with Crippen molar-refractivity contribution in [2.75, 3.05) is 20.2 Å². The fraction of sp³-hybridized carbons (Fsp3) is 0.357. The number of methoxy groups -OCH3 is 1. The van der Waals surface area contributed by atoms with Gasteiger partial charge in [0.2, 0.25) is 0 Å². The normalized spacial score (nSPS) is 11.3. The molecule has 1 atom stereocenters. The van der Waals surface area contributed by atoms with E-state index < -0.39 is 24.0 Å². The van der Waals surface area contributed by atoms with Crippen molar-refractivity contribution in [3.8, 4) is 0 Å². The molecule has 7 heteroatoms. The van der Waals surface area contributed by atoms with Crippen LogP contribution in [0, 0.1) is 0 Å². The van der Waals surface area contributed by atoms with E-state index in [-0.39, 0.29) is 13.1 Å². The first-order chi connectivity index (χ1) is 9.99. The van der Waals surface area contributed by atoms with Gasteiger partial charge in [-0.15, -0.1) is 0 Å². The van der Waals surface area contributed by atoms with Crippen molar-refractivity contribution >= 4 is 18.0 Å². The third-order valence-corrected chi connectivity index (χ3v) is 2.86. The highest BCUT2D eigenvalue weighted by Crippen LogP contribution is 2.13. The molecule has 1 rings (SSSR count). The number of aliphatic carboxylic acids is 1. The molecule has 1 aromatic carbocycles. The van der Waals surface area contributed by atoms with Crippen LogP contribution in [0.3, 0.4) is 0 Å². The summed E-state index contributed by atoms with van der Waals surface area (Å²) in [6.07, 6.45) is 0. The van der Waals surface area contributed by atoms with Crippen LogP contribution in [-0.2, 0) is 14.3 Å². The summed E-state index contributed by atoms with van der Waals surface area (Å²) in [6.45, 7) is 1.70. The molecule has 114 valence electrons. The molecule has 21 heavy (non-hydrogen) atoms. The minimum Gasteiger partial charge on any atom is -0.479 e. The number of esters is 1. The Kier molecular flexibility index (Phi) is 6.19. The Labute approximate surface area is 122 Å². The molecule has 7 nitrogen and oxygen atoms in total. The largest absolute Gasteiger partial charge is 0.479 e. The van der Waals surface area contributed by atoms with Crippen molar-refractivity contribution in [1.29, 1.82) is 0 Å². The third-order valence-electron chi connectivity index (χ3n) is 2.86. The van der Waals surface area contributed by atoms with Crippen LogP contribution in [-0.4, -0.2) is 48.2 Å². The van der Waals surface area contributed by atoms with Gasteiger partial charge in [-0.25, -0.2) is 9.59 Å². The summed E-state index contributed by atoms with van der Waals surface area (Å²) in [7, 11) is 1.22. The third kappa shape index (κ3) is 4.79. The van der Waals surface area contributed by atoms with Gasteiger partial charge in [0.25, 0.3) is 0 Å². The maximum absolute atomic E-state index is 12.1. The van der Waals surface area contributed by atoms with Crippen molar-refractivity contribution in [1.82, 2.24) is 10.2 Å². The molecule has 0 saturated carbocycles. The average molecular weight is 294 g/mol. The Morgan fingerprint density at radius 3 is 2.38 bits per heavy atom. The van der Waals surface area contributed by atoms with Crippen LogP contribution in [0.4, 0.5) is 4.79 Å². The second-order valence-corrected chi connectivity index (χ2v) is 4.22. The van der Waals surface area contributed by atoms with E-state index in [4.69, 9.17) is 0 Å². The van der Waals surface area contributed by atoms with Gasteiger partial charge in [0, 0.05) is 6.54 Å². The number of amides is 2. The Morgan fingerprint density at radius 2 is 1.90 bits per heavy atom. The van der Waals surface area contributed by atoms with Gasteiger partial charge < -0.3 is 20.1 Å². The molecule has 0 aromatic heterocycles. The Balaban J connectivity index is 2.81. The number of carboxylic acids is 1. The first kappa shape index (κ1) is 16.5. The number of ether oxygens (including phenoxy) is 1. The zero-order chi connectivity index (χ0) is 15.8. The smallest absolute Gasteiger partial charge is 0.330 e. The zero-order valence-electron chi connectivity index (χ0n) is 11.9.